The van der Waals surface area contributed by atoms with Crippen LogP contribution in [0.2, 0.25) is 0 Å². The molecule has 1 aromatic carbocycles. The Morgan fingerprint density at radius 2 is 2.16 bits per heavy atom. The highest BCUT2D eigenvalue weighted by molar-refractivity contribution is 7.64. The fourth-order valence-electron chi connectivity index (χ4n) is 3.08. The summed E-state index contributed by atoms with van der Waals surface area (Å²) in [6, 6.07) is 8.38. The minimum absolute atomic E-state index is 0.484. The molecule has 1 N–H and O–H groups in total. The van der Waals surface area contributed by atoms with Crippen molar-refractivity contribution in [2.75, 3.05) is 20.2 Å². The van der Waals surface area contributed by atoms with E-state index in [-0.39, 0.29) is 0 Å². The van der Waals surface area contributed by atoms with E-state index in [0.29, 0.717) is 12.2 Å². The molecule has 3 rings (SSSR count). The predicted molar refractivity (Wildman–Crippen MR) is 76.0 cm³/mol. The van der Waals surface area contributed by atoms with Gasteiger partial charge in [-0.3, -0.25) is 0 Å². The van der Waals surface area contributed by atoms with E-state index in [4.69, 9.17) is 4.74 Å². The molecule has 0 radical (unpaired) electrons. The van der Waals surface area contributed by atoms with E-state index in [1.807, 2.05) is 24.3 Å². The Hall–Kier alpha value is -0.670. The fourth-order valence-corrected chi connectivity index (χ4v) is 5.95. The number of hydrogen-bond acceptors (Lipinski definition) is 4. The molecule has 4 nitrogen and oxygen atoms in total. The largest absolute Gasteiger partial charge is 0.651 e. The Balaban J connectivity index is 1.73. The molecule has 0 spiro atoms. The zero-order valence-electron chi connectivity index (χ0n) is 11.3. The first-order valence-corrected chi connectivity index (χ1v) is 8.80. The molecule has 2 heterocycles. The lowest BCUT2D eigenvalue weighted by Crippen LogP contribution is -2.38. The number of hydrogen-bond donors (Lipinski definition) is 1. The van der Waals surface area contributed by atoms with Gasteiger partial charge in [0.2, 0.25) is 0 Å². The third-order valence-electron chi connectivity index (χ3n) is 4.14. The molecule has 104 valence electrons. The summed E-state index contributed by atoms with van der Waals surface area (Å²) in [4.78, 5) is 13.1. The van der Waals surface area contributed by atoms with Crippen LogP contribution in [0.5, 0.6) is 5.75 Å². The van der Waals surface area contributed by atoms with Crippen LogP contribution < -0.4 is 14.7 Å². The highest BCUT2D eigenvalue weighted by Gasteiger charge is 2.46. The average Bonchev–Trinajstić information content (AvgIpc) is 2.78. The molecule has 0 saturated carbocycles. The first-order valence-electron chi connectivity index (χ1n) is 6.95. The number of piperidine rings is 1. The zero-order chi connectivity index (χ0) is 13.3. The van der Waals surface area contributed by atoms with Crippen molar-refractivity contribution in [2.24, 2.45) is 0 Å². The third kappa shape index (κ3) is 2.63. The average molecular weight is 280 g/mol. The summed E-state index contributed by atoms with van der Waals surface area (Å²) in [5.74, 6) is 0.845. The monoisotopic (exact) mass is 280 g/mol. The van der Waals surface area contributed by atoms with E-state index in [1.165, 1.54) is 19.3 Å². The van der Waals surface area contributed by atoms with Crippen LogP contribution in [0.15, 0.2) is 24.3 Å². The lowest BCUT2D eigenvalue weighted by atomic mass is 10.1. The molecule has 19 heavy (non-hydrogen) atoms. The summed E-state index contributed by atoms with van der Waals surface area (Å²) in [6.45, 7) is 1.86. The first kappa shape index (κ1) is 13.3. The summed E-state index contributed by atoms with van der Waals surface area (Å²) in [6.07, 6.45) is 4.24. The SMILES string of the molecule is COc1ccc(C[P+]2([O-])NCC3CCCCN32)cc1. The van der Waals surface area contributed by atoms with Crippen LogP contribution in [-0.2, 0) is 6.16 Å². The van der Waals surface area contributed by atoms with Crippen LogP contribution in [-0.4, -0.2) is 30.9 Å². The standard InChI is InChI=1S/C14H21N2O2P/c1-18-14-7-5-12(6-8-14)11-19(17)15-10-13-4-2-3-9-16(13)19/h5-8,13H,2-4,9-11H2,1H3,(H,15,17). The van der Waals surface area contributed by atoms with Crippen molar-refractivity contribution in [1.29, 1.82) is 0 Å². The molecule has 2 saturated heterocycles. The van der Waals surface area contributed by atoms with Gasteiger partial charge < -0.3 is 9.63 Å². The molecule has 2 unspecified atom stereocenters. The molecule has 2 aliphatic rings. The van der Waals surface area contributed by atoms with Crippen molar-refractivity contribution < 1.29 is 9.63 Å². The van der Waals surface area contributed by atoms with Gasteiger partial charge in [0, 0.05) is 6.54 Å². The van der Waals surface area contributed by atoms with Crippen LogP contribution >= 0.6 is 7.79 Å². The second-order valence-electron chi connectivity index (χ2n) is 5.38. The Morgan fingerprint density at radius 1 is 1.37 bits per heavy atom. The topological polar surface area (TPSA) is 47.6 Å². The summed E-state index contributed by atoms with van der Waals surface area (Å²) < 4.78 is 7.39. The van der Waals surface area contributed by atoms with Gasteiger partial charge in [-0.15, -0.1) is 0 Å². The summed E-state index contributed by atoms with van der Waals surface area (Å²) in [5, 5.41) is 3.30. The van der Waals surface area contributed by atoms with Gasteiger partial charge in [-0.2, -0.15) is 9.76 Å². The van der Waals surface area contributed by atoms with Crippen molar-refractivity contribution in [3.05, 3.63) is 29.8 Å². The van der Waals surface area contributed by atoms with Crippen LogP contribution in [0, 0.1) is 0 Å². The Kier molecular flexibility index (Phi) is 3.77. The fraction of sp³-hybridized carbons (Fsp3) is 0.571. The molecule has 2 atom stereocenters. The first-order chi connectivity index (χ1) is 9.21. The smallest absolute Gasteiger partial charge is 0.118 e. The van der Waals surface area contributed by atoms with E-state index < -0.39 is 7.79 Å². The van der Waals surface area contributed by atoms with Gasteiger partial charge >= 0.3 is 0 Å². The van der Waals surface area contributed by atoms with Gasteiger partial charge in [-0.25, -0.2) is 0 Å². The molecule has 2 fully saturated rings. The molecular weight excluding hydrogens is 259 g/mol. The molecule has 0 aliphatic carbocycles. The maximum Gasteiger partial charge on any atom is 0.118 e. The van der Waals surface area contributed by atoms with Crippen molar-refractivity contribution in [3.8, 4) is 5.75 Å². The highest BCUT2D eigenvalue weighted by atomic mass is 31.2. The third-order valence-corrected chi connectivity index (χ3v) is 6.97. The molecule has 0 aromatic heterocycles. The van der Waals surface area contributed by atoms with Gasteiger partial charge in [0.05, 0.1) is 19.7 Å². The lowest BCUT2D eigenvalue weighted by Gasteiger charge is -2.38. The van der Waals surface area contributed by atoms with E-state index in [9.17, 15) is 4.89 Å². The number of nitrogens with zero attached hydrogens (tertiary/aromatic N) is 1. The quantitative estimate of drug-likeness (QED) is 0.857. The lowest BCUT2D eigenvalue weighted by molar-refractivity contribution is -0.184. The number of methoxy groups -OCH3 is 1. The minimum Gasteiger partial charge on any atom is -0.651 e. The number of benzene rings is 1. The van der Waals surface area contributed by atoms with Crippen molar-refractivity contribution in [2.45, 2.75) is 31.5 Å². The maximum absolute atomic E-state index is 13.1. The summed E-state index contributed by atoms with van der Waals surface area (Å²) in [7, 11) is -0.744. The number of nitrogens with one attached hydrogen (secondary N) is 1. The zero-order valence-corrected chi connectivity index (χ0v) is 12.2. The molecule has 0 amide bonds. The summed E-state index contributed by atoms with van der Waals surface area (Å²) >= 11 is 0. The highest BCUT2D eigenvalue weighted by Crippen LogP contribution is 2.58. The van der Waals surface area contributed by atoms with E-state index in [1.54, 1.807) is 7.11 Å². The van der Waals surface area contributed by atoms with E-state index >= 15 is 0 Å². The Morgan fingerprint density at radius 3 is 2.89 bits per heavy atom. The van der Waals surface area contributed by atoms with Gasteiger partial charge in [0.15, 0.2) is 0 Å². The normalized spacial score (nSPS) is 31.2. The van der Waals surface area contributed by atoms with Gasteiger partial charge in [-0.1, -0.05) is 18.6 Å². The Labute approximate surface area is 115 Å². The minimum atomic E-state index is -2.40. The van der Waals surface area contributed by atoms with Crippen molar-refractivity contribution in [1.82, 2.24) is 9.76 Å². The number of fused-ring (bicyclic) bond motifs is 1. The van der Waals surface area contributed by atoms with Crippen molar-refractivity contribution >= 4 is 7.79 Å². The number of rotatable bonds is 3. The van der Waals surface area contributed by atoms with Crippen LogP contribution in [0.3, 0.4) is 0 Å². The molecule has 1 aromatic rings. The van der Waals surface area contributed by atoms with E-state index in [0.717, 1.165) is 24.4 Å². The molecular formula is C14H21N2O2P. The second kappa shape index (κ2) is 5.37. The second-order valence-corrected chi connectivity index (χ2v) is 7.93. The van der Waals surface area contributed by atoms with Gasteiger partial charge in [-0.05, 0) is 30.5 Å². The van der Waals surface area contributed by atoms with Crippen LogP contribution in [0.25, 0.3) is 0 Å². The number of ether oxygens (including phenoxy) is 1. The van der Waals surface area contributed by atoms with Crippen LogP contribution in [0.1, 0.15) is 24.8 Å². The molecule has 0 bridgehead atoms. The summed E-state index contributed by atoms with van der Waals surface area (Å²) in [5.41, 5.74) is 1.11. The Bertz CT molecular complexity index is 440. The van der Waals surface area contributed by atoms with Gasteiger partial charge in [0.1, 0.15) is 19.7 Å². The van der Waals surface area contributed by atoms with Crippen LogP contribution in [0.4, 0.5) is 0 Å². The van der Waals surface area contributed by atoms with E-state index in [2.05, 4.69) is 9.76 Å². The predicted octanol–water partition coefficient (Wildman–Crippen LogP) is 1.78. The molecule has 5 heteroatoms. The molecule has 2 aliphatic heterocycles. The van der Waals surface area contributed by atoms with Crippen molar-refractivity contribution in [3.63, 3.8) is 0 Å². The maximum atomic E-state index is 13.1. The van der Waals surface area contributed by atoms with Gasteiger partial charge in [0.25, 0.3) is 0 Å².